The molecule has 1 aromatic heterocycles. The van der Waals surface area contributed by atoms with Crippen LogP contribution >= 0.6 is 0 Å². The van der Waals surface area contributed by atoms with Gasteiger partial charge in [0.05, 0.1) is 23.2 Å². The summed E-state index contributed by atoms with van der Waals surface area (Å²) in [6, 6.07) is 9.52. The number of benzene rings is 1. The lowest BCUT2D eigenvalue weighted by atomic mass is 9.96. The molecule has 0 saturated carbocycles. The topological polar surface area (TPSA) is 59.4 Å². The summed E-state index contributed by atoms with van der Waals surface area (Å²) in [5, 5.41) is 7.45. The first kappa shape index (κ1) is 16.5. The van der Waals surface area contributed by atoms with Crippen molar-refractivity contribution >= 4 is 11.7 Å². The third-order valence-corrected chi connectivity index (χ3v) is 4.59. The lowest BCUT2D eigenvalue weighted by Gasteiger charge is -2.36. The molecule has 1 N–H and O–H groups in total. The van der Waals surface area contributed by atoms with Crippen molar-refractivity contribution in [3.05, 3.63) is 42.2 Å². The van der Waals surface area contributed by atoms with Crippen LogP contribution in [0.2, 0.25) is 0 Å². The molecule has 1 aliphatic rings. The van der Waals surface area contributed by atoms with Crippen LogP contribution in [0.5, 0.6) is 0 Å². The third kappa shape index (κ3) is 3.43. The highest BCUT2D eigenvalue weighted by Crippen LogP contribution is 2.23. The van der Waals surface area contributed by atoms with Crippen LogP contribution in [0.25, 0.3) is 5.69 Å². The third-order valence-electron chi connectivity index (χ3n) is 4.59. The normalized spacial score (nSPS) is 20.9. The molecule has 128 valence electrons. The summed E-state index contributed by atoms with van der Waals surface area (Å²) in [6.45, 7) is 5.47. The number of methoxy groups -OCH3 is 1. The standard InChI is InChI=1S/C18H24N4O2/c1-13-8-10-21(12-17(13)24-3)18(23)19-15-6-4-5-7-16(15)22-11-9-14(2)20-22/h4-7,9,11,13,17H,8,10,12H2,1-3H3,(H,19,23). The van der Waals surface area contributed by atoms with Gasteiger partial charge in [-0.05, 0) is 37.5 Å². The molecule has 2 heterocycles. The molecule has 2 unspecified atom stereocenters. The fourth-order valence-electron chi connectivity index (χ4n) is 3.05. The summed E-state index contributed by atoms with van der Waals surface area (Å²) in [4.78, 5) is 14.5. The summed E-state index contributed by atoms with van der Waals surface area (Å²) < 4.78 is 7.27. The molecule has 24 heavy (non-hydrogen) atoms. The minimum absolute atomic E-state index is 0.0912. The molecule has 0 radical (unpaired) electrons. The van der Waals surface area contributed by atoms with Crippen LogP contribution in [0.15, 0.2) is 36.5 Å². The Kier molecular flexibility index (Phi) is 4.85. The minimum Gasteiger partial charge on any atom is -0.379 e. The Hall–Kier alpha value is -2.34. The van der Waals surface area contributed by atoms with Crippen LogP contribution < -0.4 is 5.32 Å². The fourth-order valence-corrected chi connectivity index (χ4v) is 3.05. The van der Waals surface area contributed by atoms with Crippen LogP contribution in [-0.2, 0) is 4.74 Å². The summed E-state index contributed by atoms with van der Waals surface area (Å²) in [6.07, 6.45) is 2.93. The number of amides is 2. The van der Waals surface area contributed by atoms with Crippen LogP contribution in [0, 0.1) is 12.8 Å². The second-order valence-electron chi connectivity index (χ2n) is 6.34. The van der Waals surface area contributed by atoms with Crippen LogP contribution in [0.1, 0.15) is 19.0 Å². The largest absolute Gasteiger partial charge is 0.379 e. The zero-order chi connectivity index (χ0) is 17.1. The SMILES string of the molecule is COC1CN(C(=O)Nc2ccccc2-n2ccc(C)n2)CCC1C. The van der Waals surface area contributed by atoms with Gasteiger partial charge in [0.25, 0.3) is 0 Å². The van der Waals surface area contributed by atoms with E-state index in [9.17, 15) is 4.79 Å². The Morgan fingerprint density at radius 1 is 1.33 bits per heavy atom. The molecule has 6 heteroatoms. The maximum absolute atomic E-state index is 12.7. The highest BCUT2D eigenvalue weighted by atomic mass is 16.5. The minimum atomic E-state index is -0.0970. The number of piperidine rings is 1. The summed E-state index contributed by atoms with van der Waals surface area (Å²) in [5.41, 5.74) is 2.54. The maximum atomic E-state index is 12.7. The number of hydrogen-bond donors (Lipinski definition) is 1. The second-order valence-corrected chi connectivity index (χ2v) is 6.34. The number of rotatable bonds is 3. The van der Waals surface area contributed by atoms with Crippen molar-refractivity contribution in [2.75, 3.05) is 25.5 Å². The summed E-state index contributed by atoms with van der Waals surface area (Å²) in [5.74, 6) is 0.471. The number of urea groups is 1. The van der Waals surface area contributed by atoms with Crippen molar-refractivity contribution in [3.63, 3.8) is 0 Å². The van der Waals surface area contributed by atoms with E-state index in [-0.39, 0.29) is 12.1 Å². The lowest BCUT2D eigenvalue weighted by molar-refractivity contribution is 0.00896. The molecule has 1 fully saturated rings. The van der Waals surface area contributed by atoms with Crippen LogP contribution in [0.4, 0.5) is 10.5 Å². The first-order chi connectivity index (χ1) is 11.6. The van der Waals surface area contributed by atoms with E-state index in [4.69, 9.17) is 4.74 Å². The van der Waals surface area contributed by atoms with Crippen LogP contribution in [-0.4, -0.2) is 47.0 Å². The van der Waals surface area contributed by atoms with Gasteiger partial charge in [-0.25, -0.2) is 9.48 Å². The van der Waals surface area contributed by atoms with Gasteiger partial charge < -0.3 is 15.0 Å². The van der Waals surface area contributed by atoms with E-state index in [1.165, 1.54) is 0 Å². The number of hydrogen-bond acceptors (Lipinski definition) is 3. The van der Waals surface area contributed by atoms with Gasteiger partial charge in [0.1, 0.15) is 0 Å². The molecule has 2 atom stereocenters. The molecule has 6 nitrogen and oxygen atoms in total. The Balaban J connectivity index is 1.75. The number of carbonyl (C=O) groups excluding carboxylic acids is 1. The maximum Gasteiger partial charge on any atom is 0.321 e. The van der Waals surface area contributed by atoms with Crippen molar-refractivity contribution in [1.29, 1.82) is 0 Å². The van der Waals surface area contributed by atoms with Gasteiger partial charge in [-0.15, -0.1) is 0 Å². The predicted molar refractivity (Wildman–Crippen MR) is 93.5 cm³/mol. The Bertz CT molecular complexity index is 713. The molecule has 2 amide bonds. The lowest BCUT2D eigenvalue weighted by Crippen LogP contribution is -2.48. The number of para-hydroxylation sites is 2. The zero-order valence-electron chi connectivity index (χ0n) is 14.4. The summed E-state index contributed by atoms with van der Waals surface area (Å²) in [7, 11) is 1.71. The Morgan fingerprint density at radius 2 is 2.12 bits per heavy atom. The average molecular weight is 328 g/mol. The fraction of sp³-hybridized carbons (Fsp3) is 0.444. The number of likely N-dealkylation sites (tertiary alicyclic amines) is 1. The molecule has 1 aromatic carbocycles. The van der Waals surface area contributed by atoms with Gasteiger partial charge in [0.15, 0.2) is 0 Å². The van der Waals surface area contributed by atoms with Crippen molar-refractivity contribution in [2.24, 2.45) is 5.92 Å². The van der Waals surface area contributed by atoms with Crippen molar-refractivity contribution < 1.29 is 9.53 Å². The zero-order valence-corrected chi connectivity index (χ0v) is 14.4. The quantitative estimate of drug-likeness (QED) is 0.942. The molecule has 2 aromatic rings. The first-order valence-electron chi connectivity index (χ1n) is 8.29. The highest BCUT2D eigenvalue weighted by molar-refractivity contribution is 5.91. The van der Waals surface area contributed by atoms with E-state index < -0.39 is 0 Å². The molecule has 0 bridgehead atoms. The van der Waals surface area contributed by atoms with Crippen molar-refractivity contribution in [2.45, 2.75) is 26.4 Å². The van der Waals surface area contributed by atoms with E-state index in [0.717, 1.165) is 30.0 Å². The Morgan fingerprint density at radius 3 is 2.83 bits per heavy atom. The molecule has 0 aliphatic carbocycles. The number of carbonyl (C=O) groups is 1. The number of nitrogens with one attached hydrogen (secondary N) is 1. The van der Waals surface area contributed by atoms with Gasteiger partial charge in [-0.2, -0.15) is 5.10 Å². The van der Waals surface area contributed by atoms with E-state index in [1.54, 1.807) is 11.8 Å². The van der Waals surface area contributed by atoms with E-state index in [2.05, 4.69) is 17.3 Å². The molecular formula is C18H24N4O2. The molecule has 3 rings (SSSR count). The first-order valence-corrected chi connectivity index (χ1v) is 8.29. The molecule has 0 spiro atoms. The monoisotopic (exact) mass is 328 g/mol. The molecule has 1 aliphatic heterocycles. The predicted octanol–water partition coefficient (Wildman–Crippen LogP) is 3.07. The van der Waals surface area contributed by atoms with Gasteiger partial charge >= 0.3 is 6.03 Å². The Labute approximate surface area is 142 Å². The van der Waals surface area contributed by atoms with E-state index in [0.29, 0.717) is 12.5 Å². The molecular weight excluding hydrogens is 304 g/mol. The van der Waals surface area contributed by atoms with Gasteiger partial charge in [-0.3, -0.25) is 0 Å². The van der Waals surface area contributed by atoms with E-state index >= 15 is 0 Å². The number of aromatic nitrogens is 2. The molecule has 1 saturated heterocycles. The number of nitrogens with zero attached hydrogens (tertiary/aromatic N) is 3. The average Bonchev–Trinajstić information content (AvgIpc) is 3.02. The number of anilines is 1. The van der Waals surface area contributed by atoms with Crippen molar-refractivity contribution in [1.82, 2.24) is 14.7 Å². The number of ether oxygens (including phenoxy) is 1. The summed E-state index contributed by atoms with van der Waals surface area (Å²) >= 11 is 0. The van der Waals surface area contributed by atoms with Gasteiger partial charge in [0.2, 0.25) is 0 Å². The van der Waals surface area contributed by atoms with Crippen LogP contribution in [0.3, 0.4) is 0 Å². The highest BCUT2D eigenvalue weighted by Gasteiger charge is 2.29. The van der Waals surface area contributed by atoms with E-state index in [1.807, 2.05) is 48.4 Å². The number of aryl methyl sites for hydroxylation is 1. The van der Waals surface area contributed by atoms with Crippen molar-refractivity contribution in [3.8, 4) is 5.69 Å². The second kappa shape index (κ2) is 7.05. The van der Waals surface area contributed by atoms with Gasteiger partial charge in [0, 0.05) is 26.4 Å². The van der Waals surface area contributed by atoms with Gasteiger partial charge in [-0.1, -0.05) is 19.1 Å². The smallest absolute Gasteiger partial charge is 0.321 e.